The fraction of sp³-hybridized carbons (Fsp3) is 0.900. The lowest BCUT2D eigenvalue weighted by Crippen LogP contribution is -2.50. The molecule has 1 atom stereocenters. The molecule has 0 rings (SSSR count). The minimum Gasteiger partial charge on any atom is -0.349 e. The zero-order valence-electron chi connectivity index (χ0n) is 9.07. The van der Waals surface area contributed by atoms with Gasteiger partial charge in [0.1, 0.15) is 0 Å². The average Bonchev–Trinajstić information content (AvgIpc) is 2.18. The van der Waals surface area contributed by atoms with E-state index in [0.717, 1.165) is 23.5 Å². The molecule has 0 saturated heterocycles. The minimum atomic E-state index is -0.181. The van der Waals surface area contributed by atoms with E-state index in [1.807, 2.05) is 13.8 Å². The molecule has 0 aromatic carbocycles. The van der Waals surface area contributed by atoms with E-state index in [4.69, 9.17) is 0 Å². The van der Waals surface area contributed by atoms with Crippen LogP contribution in [0.3, 0.4) is 0 Å². The molecule has 1 N–H and O–H groups in total. The fourth-order valence-electron chi connectivity index (χ4n) is 1.09. The molecule has 0 bridgehead atoms. The normalized spacial score (nSPS) is 13.8. The summed E-state index contributed by atoms with van der Waals surface area (Å²) in [7, 11) is 0. The second kappa shape index (κ2) is 6.83. The first-order chi connectivity index (χ1) is 6.49. The lowest BCUT2D eigenvalue weighted by molar-refractivity contribution is -0.126. The molecule has 0 aromatic heterocycles. The van der Waals surface area contributed by atoms with Crippen LogP contribution in [0.1, 0.15) is 33.6 Å². The number of amides is 1. The molecule has 0 saturated carbocycles. The fourth-order valence-corrected chi connectivity index (χ4v) is 2.30. The minimum absolute atomic E-state index is 0.109. The van der Waals surface area contributed by atoms with Crippen LogP contribution in [0.25, 0.3) is 0 Å². The highest BCUT2D eigenvalue weighted by atomic mass is 79.9. The number of carbonyl (C=O) groups is 1. The summed E-state index contributed by atoms with van der Waals surface area (Å²) in [5.74, 6) is 0.255. The van der Waals surface area contributed by atoms with Crippen LogP contribution in [0.4, 0.5) is 0 Å². The molecule has 0 spiro atoms. The predicted molar refractivity (Wildman–Crippen MR) is 68.2 cm³/mol. The maximum absolute atomic E-state index is 11.7. The highest BCUT2D eigenvalue weighted by molar-refractivity contribution is 9.09. The van der Waals surface area contributed by atoms with Gasteiger partial charge in [-0.3, -0.25) is 4.79 Å². The van der Waals surface area contributed by atoms with E-state index in [-0.39, 0.29) is 17.4 Å². The van der Waals surface area contributed by atoms with Gasteiger partial charge in [0.25, 0.3) is 0 Å². The quantitative estimate of drug-likeness (QED) is 0.746. The monoisotopic (exact) mass is 327 g/mol. The van der Waals surface area contributed by atoms with Crippen molar-refractivity contribution in [1.29, 1.82) is 0 Å². The third kappa shape index (κ3) is 4.78. The second-order valence-corrected chi connectivity index (χ2v) is 5.13. The van der Waals surface area contributed by atoms with Gasteiger partial charge >= 0.3 is 0 Å². The largest absolute Gasteiger partial charge is 0.349 e. The Bertz CT molecular complexity index is 181. The first-order valence-corrected chi connectivity index (χ1v) is 7.17. The summed E-state index contributed by atoms with van der Waals surface area (Å²) in [5.41, 5.74) is -0.181. The Hall–Kier alpha value is 0.430. The number of hydrogen-bond acceptors (Lipinski definition) is 1. The molecule has 1 amide bonds. The Balaban J connectivity index is 4.15. The van der Waals surface area contributed by atoms with Crippen LogP contribution >= 0.6 is 31.9 Å². The van der Waals surface area contributed by atoms with Gasteiger partial charge in [0, 0.05) is 16.6 Å². The number of rotatable bonds is 6. The molecule has 84 valence electrons. The van der Waals surface area contributed by atoms with Crippen molar-refractivity contribution in [2.45, 2.75) is 39.2 Å². The molecule has 4 heteroatoms. The van der Waals surface area contributed by atoms with E-state index >= 15 is 0 Å². The predicted octanol–water partition coefficient (Wildman–Crippen LogP) is 3.09. The van der Waals surface area contributed by atoms with E-state index < -0.39 is 0 Å². The van der Waals surface area contributed by atoms with Gasteiger partial charge in [-0.05, 0) is 13.3 Å². The molecule has 0 aromatic rings. The molecule has 0 radical (unpaired) electrons. The summed E-state index contributed by atoms with van der Waals surface area (Å²) < 4.78 is 0. The maximum atomic E-state index is 11.7. The molecule has 0 aliphatic rings. The zero-order valence-corrected chi connectivity index (χ0v) is 12.2. The number of carbonyl (C=O) groups excluding carboxylic acids is 1. The number of alkyl halides is 2. The van der Waals surface area contributed by atoms with Crippen molar-refractivity contribution in [3.63, 3.8) is 0 Å². The van der Waals surface area contributed by atoms with E-state index in [0.29, 0.717) is 0 Å². The Morgan fingerprint density at radius 3 is 2.29 bits per heavy atom. The number of halogens is 2. The van der Waals surface area contributed by atoms with Crippen molar-refractivity contribution >= 4 is 37.8 Å². The second-order valence-electron chi connectivity index (χ2n) is 4.01. The molecule has 0 aliphatic heterocycles. The van der Waals surface area contributed by atoms with Gasteiger partial charge in [-0.25, -0.2) is 0 Å². The highest BCUT2D eigenvalue weighted by Gasteiger charge is 2.25. The van der Waals surface area contributed by atoms with Crippen molar-refractivity contribution in [1.82, 2.24) is 5.32 Å². The van der Waals surface area contributed by atoms with Crippen LogP contribution < -0.4 is 5.32 Å². The molecular weight excluding hydrogens is 310 g/mol. The first kappa shape index (κ1) is 14.4. The van der Waals surface area contributed by atoms with E-state index in [1.165, 1.54) is 0 Å². The van der Waals surface area contributed by atoms with Gasteiger partial charge in [0.05, 0.1) is 5.54 Å². The summed E-state index contributed by atoms with van der Waals surface area (Å²) in [6.45, 7) is 6.09. The zero-order chi connectivity index (χ0) is 11.2. The van der Waals surface area contributed by atoms with Gasteiger partial charge in [0.2, 0.25) is 5.91 Å². The van der Waals surface area contributed by atoms with Gasteiger partial charge in [-0.2, -0.15) is 0 Å². The topological polar surface area (TPSA) is 29.1 Å². The van der Waals surface area contributed by atoms with Crippen LogP contribution in [0.2, 0.25) is 0 Å². The molecule has 0 fully saturated rings. The smallest absolute Gasteiger partial charge is 0.223 e. The average molecular weight is 329 g/mol. The molecule has 0 aliphatic carbocycles. The van der Waals surface area contributed by atoms with Crippen molar-refractivity contribution < 1.29 is 4.79 Å². The van der Waals surface area contributed by atoms with Crippen LogP contribution in [0.15, 0.2) is 0 Å². The third-order valence-corrected chi connectivity index (χ3v) is 4.66. The molecular formula is C10H19Br2NO. The lowest BCUT2D eigenvalue weighted by atomic mass is 10.0. The van der Waals surface area contributed by atoms with E-state index in [1.54, 1.807) is 0 Å². The van der Waals surface area contributed by atoms with Crippen molar-refractivity contribution in [3.8, 4) is 0 Å². The Kier molecular flexibility index (Phi) is 7.04. The van der Waals surface area contributed by atoms with Crippen LogP contribution in [0, 0.1) is 5.92 Å². The van der Waals surface area contributed by atoms with Crippen LogP contribution in [0.5, 0.6) is 0 Å². The third-order valence-electron chi connectivity index (χ3n) is 2.18. The van der Waals surface area contributed by atoms with Crippen molar-refractivity contribution in [2.24, 2.45) is 5.92 Å². The number of nitrogens with one attached hydrogen (secondary N) is 1. The van der Waals surface area contributed by atoms with Gasteiger partial charge < -0.3 is 5.32 Å². The van der Waals surface area contributed by atoms with Crippen LogP contribution in [-0.2, 0) is 4.79 Å². The highest BCUT2D eigenvalue weighted by Crippen LogP contribution is 2.14. The first-order valence-electron chi connectivity index (χ1n) is 4.93. The van der Waals surface area contributed by atoms with E-state index in [9.17, 15) is 4.79 Å². The van der Waals surface area contributed by atoms with E-state index in [2.05, 4.69) is 44.1 Å². The maximum Gasteiger partial charge on any atom is 0.223 e. The standard InChI is InChI=1S/C10H19Br2NO/c1-4-5-8(2)9(14)13-10(3,6-11)7-12/h8H,4-7H2,1-3H3,(H,13,14). The van der Waals surface area contributed by atoms with Gasteiger partial charge in [-0.15, -0.1) is 0 Å². The van der Waals surface area contributed by atoms with Gasteiger partial charge in [-0.1, -0.05) is 52.1 Å². The lowest BCUT2D eigenvalue weighted by Gasteiger charge is -2.28. The summed E-state index contributed by atoms with van der Waals surface area (Å²) in [6.07, 6.45) is 2.00. The molecule has 2 nitrogen and oxygen atoms in total. The summed E-state index contributed by atoms with van der Waals surface area (Å²) >= 11 is 6.81. The summed E-state index contributed by atoms with van der Waals surface area (Å²) in [6, 6.07) is 0. The van der Waals surface area contributed by atoms with Gasteiger partial charge in [0.15, 0.2) is 0 Å². The molecule has 14 heavy (non-hydrogen) atoms. The molecule has 0 heterocycles. The summed E-state index contributed by atoms with van der Waals surface area (Å²) in [5, 5.41) is 4.56. The van der Waals surface area contributed by atoms with Crippen molar-refractivity contribution in [3.05, 3.63) is 0 Å². The number of hydrogen-bond donors (Lipinski definition) is 1. The van der Waals surface area contributed by atoms with Crippen molar-refractivity contribution in [2.75, 3.05) is 10.7 Å². The molecule has 1 unspecified atom stereocenters. The summed E-state index contributed by atoms with van der Waals surface area (Å²) in [4.78, 5) is 11.7. The Morgan fingerprint density at radius 2 is 1.93 bits per heavy atom. The Labute approximate surface area is 103 Å². The van der Waals surface area contributed by atoms with Crippen LogP contribution in [-0.4, -0.2) is 22.1 Å². The SMILES string of the molecule is CCCC(C)C(=O)NC(C)(CBr)CBr. The Morgan fingerprint density at radius 1 is 1.43 bits per heavy atom.